The number of aryl methyl sites for hydroxylation is 1. The fourth-order valence-electron chi connectivity index (χ4n) is 4.54. The summed E-state index contributed by atoms with van der Waals surface area (Å²) in [5.74, 6) is -1.46. The van der Waals surface area contributed by atoms with Crippen LogP contribution in [-0.4, -0.2) is 42.7 Å². The standard InChI is InChI=1S/C35H29ClN2O6S2/c36-28-14-16-29(17-15-28)46(42,43)20-4-5-25-10-18-32(44-22-34(39)40)30(21-25)38-35(41)27-12-8-24(9-13-27)11-19-33-37-31(23-45-33)26-6-2-1-3-7-26/h1-3,6-19,21,23H,4-5,20,22H2,(H,38,41)(H,39,40). The number of anilines is 1. The number of nitrogens with one attached hydrogen (secondary N) is 1. The summed E-state index contributed by atoms with van der Waals surface area (Å²) in [5.41, 5.74) is 4.28. The van der Waals surface area contributed by atoms with E-state index < -0.39 is 28.3 Å². The lowest BCUT2D eigenvalue weighted by Gasteiger charge is -2.14. The average molecular weight is 673 g/mol. The van der Waals surface area contributed by atoms with Crippen LogP contribution < -0.4 is 10.1 Å². The number of hydrogen-bond acceptors (Lipinski definition) is 7. The number of thiazole rings is 1. The van der Waals surface area contributed by atoms with E-state index in [9.17, 15) is 18.0 Å². The van der Waals surface area contributed by atoms with Gasteiger partial charge in [-0.2, -0.15) is 0 Å². The summed E-state index contributed by atoms with van der Waals surface area (Å²) in [6.07, 6.45) is 4.58. The largest absolute Gasteiger partial charge is 0.480 e. The molecule has 46 heavy (non-hydrogen) atoms. The van der Waals surface area contributed by atoms with Gasteiger partial charge in [-0.05, 0) is 78.6 Å². The first kappa shape index (κ1) is 32.6. The first-order chi connectivity index (χ1) is 22.2. The van der Waals surface area contributed by atoms with Crippen LogP contribution >= 0.6 is 22.9 Å². The molecule has 1 amide bonds. The predicted molar refractivity (Wildman–Crippen MR) is 182 cm³/mol. The molecule has 0 spiro atoms. The Bertz CT molecular complexity index is 1960. The third-order valence-corrected chi connectivity index (χ3v) is 9.76. The number of ether oxygens (including phenoxy) is 1. The minimum Gasteiger partial charge on any atom is -0.480 e. The monoisotopic (exact) mass is 672 g/mol. The van der Waals surface area contributed by atoms with Gasteiger partial charge in [0.25, 0.3) is 5.91 Å². The molecule has 5 rings (SSSR count). The SMILES string of the molecule is O=C(O)COc1ccc(CCCS(=O)(=O)c2ccc(Cl)cc2)cc1NC(=O)c1ccc(C=Cc2nc(-c3ccccc3)cs2)cc1. The van der Waals surface area contributed by atoms with E-state index in [1.807, 2.05) is 60.0 Å². The van der Waals surface area contributed by atoms with Gasteiger partial charge in [-0.25, -0.2) is 18.2 Å². The maximum atomic E-state index is 13.2. The fourth-order valence-corrected chi connectivity index (χ4v) is 6.69. The lowest BCUT2D eigenvalue weighted by atomic mass is 10.1. The van der Waals surface area contributed by atoms with Crippen molar-refractivity contribution in [1.82, 2.24) is 4.98 Å². The molecule has 0 unspecified atom stereocenters. The Morgan fingerprint density at radius 3 is 2.39 bits per heavy atom. The number of amides is 1. The fraction of sp³-hybridized carbons (Fsp3) is 0.114. The van der Waals surface area contributed by atoms with E-state index in [-0.39, 0.29) is 22.1 Å². The highest BCUT2D eigenvalue weighted by atomic mass is 35.5. The second kappa shape index (κ2) is 15.0. The molecule has 0 fully saturated rings. The second-order valence-corrected chi connectivity index (χ2v) is 13.7. The summed E-state index contributed by atoms with van der Waals surface area (Å²) in [6.45, 7) is -0.589. The number of rotatable bonds is 13. The summed E-state index contributed by atoms with van der Waals surface area (Å²) >= 11 is 7.42. The number of carbonyl (C=O) groups is 2. The van der Waals surface area contributed by atoms with Gasteiger partial charge in [-0.1, -0.05) is 66.2 Å². The summed E-state index contributed by atoms with van der Waals surface area (Å²) in [6, 6.07) is 27.9. The van der Waals surface area contributed by atoms with E-state index in [0.717, 1.165) is 27.4 Å². The van der Waals surface area contributed by atoms with Crippen molar-refractivity contribution in [3.63, 3.8) is 0 Å². The predicted octanol–water partition coefficient (Wildman–Crippen LogP) is 7.76. The van der Waals surface area contributed by atoms with Crippen LogP contribution in [0.5, 0.6) is 5.75 Å². The minimum atomic E-state index is -3.50. The molecule has 4 aromatic carbocycles. The molecule has 0 radical (unpaired) electrons. The Morgan fingerprint density at radius 1 is 0.935 bits per heavy atom. The van der Waals surface area contributed by atoms with E-state index >= 15 is 0 Å². The zero-order valence-electron chi connectivity index (χ0n) is 24.4. The van der Waals surface area contributed by atoms with Crippen molar-refractivity contribution < 1.29 is 27.9 Å². The van der Waals surface area contributed by atoms with E-state index in [1.165, 1.54) is 24.3 Å². The summed E-state index contributed by atoms with van der Waals surface area (Å²) < 4.78 is 30.8. The van der Waals surface area contributed by atoms with Crippen molar-refractivity contribution in [3.8, 4) is 17.0 Å². The van der Waals surface area contributed by atoms with Gasteiger partial charge in [0.1, 0.15) is 10.8 Å². The average Bonchev–Trinajstić information content (AvgIpc) is 3.53. The van der Waals surface area contributed by atoms with E-state index in [0.29, 0.717) is 23.4 Å². The van der Waals surface area contributed by atoms with Crippen molar-refractivity contribution in [2.75, 3.05) is 17.7 Å². The number of benzene rings is 4. The summed E-state index contributed by atoms with van der Waals surface area (Å²) in [4.78, 5) is 29.2. The van der Waals surface area contributed by atoms with E-state index in [2.05, 4.69) is 10.3 Å². The lowest BCUT2D eigenvalue weighted by Crippen LogP contribution is -2.15. The van der Waals surface area contributed by atoms with Crippen LogP contribution in [0.25, 0.3) is 23.4 Å². The van der Waals surface area contributed by atoms with Gasteiger partial charge in [0, 0.05) is 21.5 Å². The Labute approximate surface area is 275 Å². The molecule has 0 aliphatic heterocycles. The third-order valence-electron chi connectivity index (χ3n) is 6.88. The number of carboxylic acid groups (broad SMARTS) is 1. The second-order valence-electron chi connectivity index (χ2n) is 10.2. The molecule has 2 N–H and O–H groups in total. The molecule has 0 bridgehead atoms. The Morgan fingerprint density at radius 2 is 1.67 bits per heavy atom. The van der Waals surface area contributed by atoms with Crippen molar-refractivity contribution in [1.29, 1.82) is 0 Å². The normalized spacial score (nSPS) is 11.4. The molecule has 234 valence electrons. The summed E-state index contributed by atoms with van der Waals surface area (Å²) in [7, 11) is -3.50. The number of aliphatic carboxylic acids is 1. The molecule has 11 heteroatoms. The highest BCUT2D eigenvalue weighted by Gasteiger charge is 2.16. The Kier molecular flexibility index (Phi) is 10.6. The van der Waals surface area contributed by atoms with Crippen LogP contribution in [-0.2, 0) is 21.1 Å². The van der Waals surface area contributed by atoms with E-state index in [4.69, 9.17) is 21.4 Å². The third kappa shape index (κ3) is 8.91. The first-order valence-electron chi connectivity index (χ1n) is 14.2. The smallest absolute Gasteiger partial charge is 0.341 e. The van der Waals surface area contributed by atoms with Crippen molar-refractivity contribution in [2.24, 2.45) is 0 Å². The molecule has 0 saturated carbocycles. The molecule has 5 aromatic rings. The number of carbonyl (C=O) groups excluding carboxylic acids is 1. The van der Waals surface area contributed by atoms with Gasteiger partial charge in [-0.3, -0.25) is 4.79 Å². The van der Waals surface area contributed by atoms with E-state index in [1.54, 1.807) is 41.7 Å². The zero-order chi connectivity index (χ0) is 32.5. The Hall–Kier alpha value is -4.77. The van der Waals surface area contributed by atoms with Gasteiger partial charge in [0.2, 0.25) is 0 Å². The quantitative estimate of drug-likeness (QED) is 0.131. The molecular formula is C35H29ClN2O6S2. The van der Waals surface area contributed by atoms with Gasteiger partial charge in [0.15, 0.2) is 16.4 Å². The zero-order valence-corrected chi connectivity index (χ0v) is 26.8. The van der Waals surface area contributed by atoms with Crippen molar-refractivity contribution >= 4 is 62.5 Å². The van der Waals surface area contributed by atoms with Gasteiger partial charge < -0.3 is 15.2 Å². The van der Waals surface area contributed by atoms with Crippen molar-refractivity contribution in [3.05, 3.63) is 129 Å². The van der Waals surface area contributed by atoms with Crippen LogP contribution in [0, 0.1) is 0 Å². The van der Waals surface area contributed by atoms with Crippen LogP contribution in [0.2, 0.25) is 5.02 Å². The maximum Gasteiger partial charge on any atom is 0.341 e. The molecule has 0 saturated heterocycles. The van der Waals surface area contributed by atoms with Gasteiger partial charge in [0.05, 0.1) is 22.0 Å². The van der Waals surface area contributed by atoms with Gasteiger partial charge >= 0.3 is 5.97 Å². The number of hydrogen-bond donors (Lipinski definition) is 2. The number of aromatic nitrogens is 1. The molecule has 0 atom stereocenters. The highest BCUT2D eigenvalue weighted by Crippen LogP contribution is 2.28. The van der Waals surface area contributed by atoms with Crippen LogP contribution in [0.1, 0.15) is 32.9 Å². The minimum absolute atomic E-state index is 0.0783. The number of halogens is 1. The van der Waals surface area contributed by atoms with Crippen LogP contribution in [0.4, 0.5) is 5.69 Å². The molecule has 0 aliphatic rings. The van der Waals surface area contributed by atoms with Crippen LogP contribution in [0.3, 0.4) is 0 Å². The number of nitrogens with zero attached hydrogens (tertiary/aromatic N) is 1. The molecular weight excluding hydrogens is 644 g/mol. The number of sulfone groups is 1. The summed E-state index contributed by atoms with van der Waals surface area (Å²) in [5, 5.41) is 15.2. The molecule has 8 nitrogen and oxygen atoms in total. The topological polar surface area (TPSA) is 123 Å². The molecule has 1 heterocycles. The van der Waals surface area contributed by atoms with Gasteiger partial charge in [-0.15, -0.1) is 11.3 Å². The Balaban J connectivity index is 1.24. The highest BCUT2D eigenvalue weighted by molar-refractivity contribution is 7.91. The van der Waals surface area contributed by atoms with Crippen molar-refractivity contribution in [2.45, 2.75) is 17.7 Å². The van der Waals surface area contributed by atoms with Crippen LogP contribution in [0.15, 0.2) is 107 Å². The first-order valence-corrected chi connectivity index (χ1v) is 17.1. The molecule has 1 aromatic heterocycles. The maximum absolute atomic E-state index is 13.2. The lowest BCUT2D eigenvalue weighted by molar-refractivity contribution is -0.139. The number of carboxylic acids is 1. The molecule has 0 aliphatic carbocycles.